The number of aryl methyl sites for hydroxylation is 3. The van der Waals surface area contributed by atoms with Gasteiger partial charge in [0, 0.05) is 31.4 Å². The topological polar surface area (TPSA) is 59.8 Å². The summed E-state index contributed by atoms with van der Waals surface area (Å²) in [6.45, 7) is 4.85. The molecule has 1 aliphatic rings. The number of fused-ring (bicyclic) bond motifs is 1. The molecule has 5 nitrogen and oxygen atoms in total. The molecule has 1 N–H and O–H groups in total. The average Bonchev–Trinajstić information content (AvgIpc) is 3.05. The van der Waals surface area contributed by atoms with Crippen molar-refractivity contribution in [2.75, 3.05) is 0 Å². The van der Waals surface area contributed by atoms with Crippen molar-refractivity contribution >= 4 is 17.2 Å². The first-order valence-corrected chi connectivity index (χ1v) is 8.26. The van der Waals surface area contributed by atoms with Gasteiger partial charge < -0.3 is 9.88 Å². The summed E-state index contributed by atoms with van der Waals surface area (Å²) < 4.78 is 2.12. The van der Waals surface area contributed by atoms with Crippen molar-refractivity contribution in [3.8, 4) is 0 Å². The van der Waals surface area contributed by atoms with E-state index in [4.69, 9.17) is 0 Å². The Morgan fingerprint density at radius 1 is 1.57 bits per heavy atom. The Balaban J connectivity index is 1.67. The predicted octanol–water partition coefficient (Wildman–Crippen LogP) is 2.35. The van der Waals surface area contributed by atoms with Gasteiger partial charge in [0.25, 0.3) is 5.91 Å². The summed E-state index contributed by atoms with van der Waals surface area (Å²) in [5, 5.41) is 4.20. The Kier molecular flexibility index (Phi) is 4.05. The smallest absolute Gasteiger partial charge is 0.263 e. The Bertz CT molecular complexity index is 646. The number of nitrogens with zero attached hydrogens (tertiary/aromatic N) is 3. The summed E-state index contributed by atoms with van der Waals surface area (Å²) in [4.78, 5) is 22.0. The van der Waals surface area contributed by atoms with Crippen LogP contribution < -0.4 is 5.32 Å². The van der Waals surface area contributed by atoms with Gasteiger partial charge in [-0.3, -0.25) is 4.79 Å². The minimum Gasteiger partial charge on any atom is -0.347 e. The van der Waals surface area contributed by atoms with Crippen LogP contribution in [-0.4, -0.2) is 26.5 Å². The molecule has 0 aromatic carbocycles. The van der Waals surface area contributed by atoms with Crippen molar-refractivity contribution in [1.29, 1.82) is 0 Å². The Labute approximate surface area is 128 Å². The molecule has 3 rings (SSSR count). The molecule has 2 aromatic heterocycles. The van der Waals surface area contributed by atoms with E-state index in [1.807, 2.05) is 19.3 Å². The largest absolute Gasteiger partial charge is 0.347 e. The van der Waals surface area contributed by atoms with Crippen LogP contribution in [-0.2, 0) is 19.4 Å². The SMILES string of the molecule is CCCc1nc(C)c(C(=O)NC2CCc3nccn3C2)s1. The second kappa shape index (κ2) is 5.97. The number of nitrogens with one attached hydrogen (secondary N) is 1. The highest BCUT2D eigenvalue weighted by Gasteiger charge is 2.23. The van der Waals surface area contributed by atoms with Gasteiger partial charge in [-0.1, -0.05) is 6.92 Å². The number of carbonyl (C=O) groups excluding carboxylic acids is 1. The lowest BCUT2D eigenvalue weighted by molar-refractivity contribution is 0.0931. The zero-order chi connectivity index (χ0) is 14.8. The number of carbonyl (C=O) groups is 1. The first kappa shape index (κ1) is 14.3. The third-order valence-corrected chi connectivity index (χ3v) is 5.00. The minimum absolute atomic E-state index is 0.0147. The molecule has 0 saturated heterocycles. The van der Waals surface area contributed by atoms with Gasteiger partial charge >= 0.3 is 0 Å². The fourth-order valence-corrected chi connectivity index (χ4v) is 3.79. The Hall–Kier alpha value is -1.69. The third-order valence-electron chi connectivity index (χ3n) is 3.78. The van der Waals surface area contributed by atoms with Gasteiger partial charge in [-0.2, -0.15) is 0 Å². The number of aromatic nitrogens is 3. The van der Waals surface area contributed by atoms with Gasteiger partial charge in [-0.15, -0.1) is 11.3 Å². The van der Waals surface area contributed by atoms with Crippen molar-refractivity contribution in [2.45, 2.75) is 52.1 Å². The van der Waals surface area contributed by atoms with Gasteiger partial charge in [0.15, 0.2) is 0 Å². The molecule has 1 atom stereocenters. The molecule has 0 bridgehead atoms. The number of imidazole rings is 1. The van der Waals surface area contributed by atoms with Crippen LogP contribution in [0, 0.1) is 6.92 Å². The van der Waals surface area contributed by atoms with Crippen molar-refractivity contribution in [2.24, 2.45) is 0 Å². The van der Waals surface area contributed by atoms with E-state index in [-0.39, 0.29) is 11.9 Å². The van der Waals surface area contributed by atoms with Crippen LogP contribution in [0.1, 0.15) is 46.0 Å². The molecule has 6 heteroatoms. The number of amides is 1. The molecule has 1 aliphatic heterocycles. The average molecular weight is 304 g/mol. The zero-order valence-corrected chi connectivity index (χ0v) is 13.2. The van der Waals surface area contributed by atoms with Crippen LogP contribution in [0.15, 0.2) is 12.4 Å². The number of hydrogen-bond acceptors (Lipinski definition) is 4. The molecule has 21 heavy (non-hydrogen) atoms. The number of thiazole rings is 1. The van der Waals surface area contributed by atoms with E-state index in [0.29, 0.717) is 0 Å². The minimum atomic E-state index is 0.0147. The van der Waals surface area contributed by atoms with Crippen LogP contribution >= 0.6 is 11.3 Å². The summed E-state index contributed by atoms with van der Waals surface area (Å²) in [5.74, 6) is 1.13. The molecule has 0 radical (unpaired) electrons. The van der Waals surface area contributed by atoms with E-state index in [0.717, 1.165) is 53.6 Å². The molecule has 0 spiro atoms. The molecule has 0 fully saturated rings. The normalized spacial score (nSPS) is 17.5. The maximum atomic E-state index is 12.4. The molecule has 3 heterocycles. The van der Waals surface area contributed by atoms with Gasteiger partial charge in [0.05, 0.1) is 10.7 Å². The summed E-state index contributed by atoms with van der Waals surface area (Å²) >= 11 is 1.53. The summed E-state index contributed by atoms with van der Waals surface area (Å²) in [7, 11) is 0. The van der Waals surface area contributed by atoms with E-state index in [1.165, 1.54) is 11.3 Å². The van der Waals surface area contributed by atoms with E-state index in [1.54, 1.807) is 0 Å². The molecular weight excluding hydrogens is 284 g/mol. The van der Waals surface area contributed by atoms with Crippen molar-refractivity contribution < 1.29 is 4.79 Å². The molecule has 1 unspecified atom stereocenters. The fourth-order valence-electron chi connectivity index (χ4n) is 2.72. The van der Waals surface area contributed by atoms with Crippen molar-refractivity contribution in [3.05, 3.63) is 33.8 Å². The molecule has 112 valence electrons. The molecule has 1 amide bonds. The van der Waals surface area contributed by atoms with Crippen LogP contribution in [0.2, 0.25) is 0 Å². The molecular formula is C15H20N4OS. The first-order valence-electron chi connectivity index (χ1n) is 7.44. The zero-order valence-electron chi connectivity index (χ0n) is 12.4. The van der Waals surface area contributed by atoms with Gasteiger partial charge in [0.1, 0.15) is 10.7 Å². The highest BCUT2D eigenvalue weighted by atomic mass is 32.1. The second-order valence-corrected chi connectivity index (χ2v) is 6.56. The Morgan fingerprint density at radius 2 is 2.43 bits per heavy atom. The summed E-state index contributed by atoms with van der Waals surface area (Å²) in [6, 6.07) is 0.176. The number of hydrogen-bond donors (Lipinski definition) is 1. The third kappa shape index (κ3) is 3.00. The number of rotatable bonds is 4. The van der Waals surface area contributed by atoms with Crippen LogP contribution in [0.4, 0.5) is 0 Å². The monoisotopic (exact) mass is 304 g/mol. The van der Waals surface area contributed by atoms with Gasteiger partial charge in [-0.05, 0) is 26.2 Å². The summed E-state index contributed by atoms with van der Waals surface area (Å²) in [6.07, 6.45) is 7.67. The lowest BCUT2D eigenvalue weighted by atomic mass is 10.1. The maximum Gasteiger partial charge on any atom is 0.263 e. The molecule has 2 aromatic rings. The van der Waals surface area contributed by atoms with E-state index in [9.17, 15) is 4.79 Å². The van der Waals surface area contributed by atoms with E-state index < -0.39 is 0 Å². The highest BCUT2D eigenvalue weighted by Crippen LogP contribution is 2.20. The predicted molar refractivity (Wildman–Crippen MR) is 82.6 cm³/mol. The standard InChI is InChI=1S/C15H20N4OS/c1-3-4-13-17-10(2)14(21-13)15(20)18-11-5-6-12-16-7-8-19(12)9-11/h7-8,11H,3-6,9H2,1-2H3,(H,18,20). The van der Waals surface area contributed by atoms with Crippen LogP contribution in [0.3, 0.4) is 0 Å². The fraction of sp³-hybridized carbons (Fsp3) is 0.533. The van der Waals surface area contributed by atoms with Gasteiger partial charge in [-0.25, -0.2) is 9.97 Å². The second-order valence-electron chi connectivity index (χ2n) is 5.48. The van der Waals surface area contributed by atoms with Crippen LogP contribution in [0.5, 0.6) is 0 Å². The summed E-state index contributed by atoms with van der Waals surface area (Å²) in [5.41, 5.74) is 0.847. The quantitative estimate of drug-likeness (QED) is 0.943. The van der Waals surface area contributed by atoms with E-state index >= 15 is 0 Å². The first-order chi connectivity index (χ1) is 10.2. The van der Waals surface area contributed by atoms with Gasteiger partial charge in [0.2, 0.25) is 0 Å². The lowest BCUT2D eigenvalue weighted by Gasteiger charge is -2.24. The van der Waals surface area contributed by atoms with Crippen LogP contribution in [0.25, 0.3) is 0 Å². The Morgan fingerprint density at radius 3 is 3.24 bits per heavy atom. The highest BCUT2D eigenvalue weighted by molar-refractivity contribution is 7.13. The van der Waals surface area contributed by atoms with Crippen molar-refractivity contribution in [1.82, 2.24) is 19.9 Å². The maximum absolute atomic E-state index is 12.4. The van der Waals surface area contributed by atoms with E-state index in [2.05, 4.69) is 26.8 Å². The lowest BCUT2D eigenvalue weighted by Crippen LogP contribution is -2.40. The molecule has 0 saturated carbocycles. The van der Waals surface area contributed by atoms with Crippen molar-refractivity contribution in [3.63, 3.8) is 0 Å². The molecule has 0 aliphatic carbocycles.